The molecule has 0 heterocycles. The monoisotopic (exact) mass is 261 g/mol. The Balaban J connectivity index is 2.35. The van der Waals surface area contributed by atoms with Crippen LogP contribution in [-0.4, -0.2) is 14.2 Å². The lowest BCUT2D eigenvalue weighted by molar-refractivity contribution is 0.359. The maximum atomic E-state index is 5.58. The molecule has 0 aromatic heterocycles. The minimum Gasteiger partial charge on any atom is -0.496 e. The van der Waals surface area contributed by atoms with Crippen molar-refractivity contribution in [3.05, 3.63) is 29.3 Å². The van der Waals surface area contributed by atoms with E-state index in [2.05, 4.69) is 44.4 Å². The lowest BCUT2D eigenvalue weighted by Crippen LogP contribution is -2.24. The third-order valence-corrected chi connectivity index (χ3v) is 4.44. The highest BCUT2D eigenvalue weighted by molar-refractivity contribution is 5.41. The van der Waals surface area contributed by atoms with E-state index in [0.717, 1.165) is 11.7 Å². The van der Waals surface area contributed by atoms with Crippen LogP contribution in [0.3, 0.4) is 0 Å². The summed E-state index contributed by atoms with van der Waals surface area (Å²) in [5.41, 5.74) is 2.73. The van der Waals surface area contributed by atoms with Gasteiger partial charge in [0.25, 0.3) is 0 Å². The van der Waals surface area contributed by atoms with Gasteiger partial charge in [-0.2, -0.15) is 0 Å². The van der Waals surface area contributed by atoms with Crippen molar-refractivity contribution in [2.24, 2.45) is 5.92 Å². The molecule has 0 aliphatic heterocycles. The molecule has 0 spiro atoms. The average Bonchev–Trinajstić information content (AvgIpc) is 2.93. The molecule has 1 aliphatic rings. The molecule has 2 nitrogen and oxygen atoms in total. The van der Waals surface area contributed by atoms with Gasteiger partial charge in [0, 0.05) is 11.6 Å². The van der Waals surface area contributed by atoms with Crippen LogP contribution in [0.4, 0.5) is 0 Å². The van der Waals surface area contributed by atoms with Crippen LogP contribution in [0.2, 0.25) is 0 Å². The van der Waals surface area contributed by atoms with Gasteiger partial charge in [-0.25, -0.2) is 0 Å². The molecular formula is C17H27NO. The highest BCUT2D eigenvalue weighted by atomic mass is 16.5. The standard InChI is InChI=1S/C17H27NO/c1-12(2)14-9-10-16(19-4)15(11-14)17(18-3)13-7-5-6-8-13/h9-13,17-18H,5-8H2,1-4H3. The summed E-state index contributed by atoms with van der Waals surface area (Å²) in [5, 5.41) is 3.52. The third kappa shape index (κ3) is 3.11. The summed E-state index contributed by atoms with van der Waals surface area (Å²) in [6.07, 6.45) is 5.41. The minimum absolute atomic E-state index is 0.427. The molecule has 106 valence electrons. The number of ether oxygens (including phenoxy) is 1. The molecule has 0 bridgehead atoms. The number of hydrogen-bond acceptors (Lipinski definition) is 2. The molecule has 1 atom stereocenters. The lowest BCUT2D eigenvalue weighted by atomic mass is 9.88. The molecule has 2 heteroatoms. The molecule has 1 aromatic carbocycles. The number of methoxy groups -OCH3 is 1. The van der Waals surface area contributed by atoms with E-state index >= 15 is 0 Å². The first-order valence-corrected chi connectivity index (χ1v) is 7.52. The van der Waals surface area contributed by atoms with Crippen LogP contribution in [0, 0.1) is 5.92 Å². The molecule has 2 rings (SSSR count). The zero-order chi connectivity index (χ0) is 13.8. The Morgan fingerprint density at radius 1 is 1.21 bits per heavy atom. The first-order chi connectivity index (χ1) is 9.17. The first-order valence-electron chi connectivity index (χ1n) is 7.52. The zero-order valence-corrected chi connectivity index (χ0v) is 12.7. The van der Waals surface area contributed by atoms with Gasteiger partial charge < -0.3 is 10.1 Å². The van der Waals surface area contributed by atoms with Crippen molar-refractivity contribution in [1.29, 1.82) is 0 Å². The third-order valence-electron chi connectivity index (χ3n) is 4.44. The predicted octanol–water partition coefficient (Wildman–Crippen LogP) is 4.27. The van der Waals surface area contributed by atoms with Crippen LogP contribution < -0.4 is 10.1 Å². The summed E-state index contributed by atoms with van der Waals surface area (Å²) in [6.45, 7) is 4.49. The van der Waals surface area contributed by atoms with Crippen LogP contribution in [0.1, 0.15) is 62.6 Å². The second-order valence-corrected chi connectivity index (χ2v) is 5.97. The predicted molar refractivity (Wildman–Crippen MR) is 80.8 cm³/mol. The summed E-state index contributed by atoms with van der Waals surface area (Å²) in [5.74, 6) is 2.34. The SMILES string of the molecule is CNC(c1cc(C(C)C)ccc1OC)C1CCCC1. The van der Waals surface area contributed by atoms with Crippen molar-refractivity contribution >= 4 is 0 Å². The second kappa shape index (κ2) is 6.42. The van der Waals surface area contributed by atoms with E-state index in [1.807, 2.05) is 0 Å². The fourth-order valence-electron chi connectivity index (χ4n) is 3.29. The van der Waals surface area contributed by atoms with Crippen LogP contribution >= 0.6 is 0 Å². The molecule has 1 fully saturated rings. The molecule has 1 aliphatic carbocycles. The van der Waals surface area contributed by atoms with E-state index in [9.17, 15) is 0 Å². The van der Waals surface area contributed by atoms with Crippen LogP contribution in [-0.2, 0) is 0 Å². The van der Waals surface area contributed by atoms with Gasteiger partial charge in [0.1, 0.15) is 5.75 Å². The van der Waals surface area contributed by atoms with Crippen molar-refractivity contribution in [2.75, 3.05) is 14.2 Å². The summed E-state index contributed by atoms with van der Waals surface area (Å²) in [4.78, 5) is 0. The Kier molecular flexibility index (Phi) is 4.87. The highest BCUT2D eigenvalue weighted by Crippen LogP contribution is 2.39. The van der Waals surface area contributed by atoms with Crippen molar-refractivity contribution < 1.29 is 4.74 Å². The quantitative estimate of drug-likeness (QED) is 0.854. The maximum absolute atomic E-state index is 5.58. The highest BCUT2D eigenvalue weighted by Gasteiger charge is 2.27. The molecule has 0 saturated heterocycles. The van der Waals surface area contributed by atoms with E-state index in [1.54, 1.807) is 7.11 Å². The first kappa shape index (κ1) is 14.4. The van der Waals surface area contributed by atoms with Crippen LogP contribution in [0.5, 0.6) is 5.75 Å². The maximum Gasteiger partial charge on any atom is 0.123 e. The Hall–Kier alpha value is -1.02. The lowest BCUT2D eigenvalue weighted by Gasteiger charge is -2.26. The second-order valence-electron chi connectivity index (χ2n) is 5.97. The number of rotatable bonds is 5. The topological polar surface area (TPSA) is 21.3 Å². The van der Waals surface area contributed by atoms with E-state index < -0.39 is 0 Å². The normalized spacial score (nSPS) is 17.9. The van der Waals surface area contributed by atoms with Crippen molar-refractivity contribution in [3.63, 3.8) is 0 Å². The summed E-state index contributed by atoms with van der Waals surface area (Å²) in [6, 6.07) is 7.08. The van der Waals surface area contributed by atoms with Gasteiger partial charge in [-0.3, -0.25) is 0 Å². The zero-order valence-electron chi connectivity index (χ0n) is 12.7. The van der Waals surface area contributed by atoms with Crippen molar-refractivity contribution in [2.45, 2.75) is 51.5 Å². The summed E-state index contributed by atoms with van der Waals surface area (Å²) in [7, 11) is 3.85. The van der Waals surface area contributed by atoms with E-state index in [4.69, 9.17) is 4.74 Å². The smallest absolute Gasteiger partial charge is 0.123 e. The number of nitrogens with one attached hydrogen (secondary N) is 1. The number of hydrogen-bond donors (Lipinski definition) is 1. The molecule has 0 radical (unpaired) electrons. The minimum atomic E-state index is 0.427. The molecule has 1 unspecified atom stereocenters. The van der Waals surface area contributed by atoms with Crippen molar-refractivity contribution in [1.82, 2.24) is 5.32 Å². The Labute approximate surface area is 117 Å². The average molecular weight is 261 g/mol. The van der Waals surface area contributed by atoms with Crippen molar-refractivity contribution in [3.8, 4) is 5.75 Å². The van der Waals surface area contributed by atoms with Gasteiger partial charge in [-0.05, 0) is 43.4 Å². The largest absolute Gasteiger partial charge is 0.496 e. The fourth-order valence-corrected chi connectivity index (χ4v) is 3.29. The molecule has 19 heavy (non-hydrogen) atoms. The van der Waals surface area contributed by atoms with Gasteiger partial charge >= 0.3 is 0 Å². The molecule has 1 aromatic rings. The van der Waals surface area contributed by atoms with E-state index in [-0.39, 0.29) is 0 Å². The Morgan fingerprint density at radius 2 is 1.89 bits per heavy atom. The Morgan fingerprint density at radius 3 is 2.42 bits per heavy atom. The number of benzene rings is 1. The molecule has 0 amide bonds. The van der Waals surface area contributed by atoms with Gasteiger partial charge in [0.15, 0.2) is 0 Å². The van der Waals surface area contributed by atoms with Gasteiger partial charge in [0.05, 0.1) is 7.11 Å². The fraction of sp³-hybridized carbons (Fsp3) is 0.647. The Bertz CT molecular complexity index is 408. The van der Waals surface area contributed by atoms with E-state index in [1.165, 1.54) is 36.8 Å². The van der Waals surface area contributed by atoms with Gasteiger partial charge in [-0.1, -0.05) is 38.8 Å². The molecule has 1 N–H and O–H groups in total. The molecular weight excluding hydrogens is 234 g/mol. The van der Waals surface area contributed by atoms with Gasteiger partial charge in [0.2, 0.25) is 0 Å². The van der Waals surface area contributed by atoms with Gasteiger partial charge in [-0.15, -0.1) is 0 Å². The van der Waals surface area contributed by atoms with E-state index in [0.29, 0.717) is 12.0 Å². The summed E-state index contributed by atoms with van der Waals surface area (Å²) >= 11 is 0. The molecule has 1 saturated carbocycles. The summed E-state index contributed by atoms with van der Waals surface area (Å²) < 4.78 is 5.58. The van der Waals surface area contributed by atoms with Crippen LogP contribution in [0.15, 0.2) is 18.2 Å². The van der Waals surface area contributed by atoms with Crippen LogP contribution in [0.25, 0.3) is 0 Å².